The van der Waals surface area contributed by atoms with Crippen molar-refractivity contribution in [2.24, 2.45) is 11.7 Å². The van der Waals surface area contributed by atoms with Gasteiger partial charge in [-0.1, -0.05) is 0 Å². The maximum absolute atomic E-state index is 5.78. The summed E-state index contributed by atoms with van der Waals surface area (Å²) in [5, 5.41) is 0. The maximum Gasteiger partial charge on any atom is 0.161 e. The van der Waals surface area contributed by atoms with E-state index < -0.39 is 0 Å². The summed E-state index contributed by atoms with van der Waals surface area (Å²) >= 11 is 0. The summed E-state index contributed by atoms with van der Waals surface area (Å²) in [6, 6.07) is 5.88. The van der Waals surface area contributed by atoms with E-state index in [4.69, 9.17) is 15.5 Å². The molecule has 0 atom stereocenters. The third kappa shape index (κ3) is 3.83. The quantitative estimate of drug-likeness (QED) is 0.908. The van der Waals surface area contributed by atoms with Crippen molar-refractivity contribution in [3.8, 4) is 11.4 Å². The van der Waals surface area contributed by atoms with Crippen molar-refractivity contribution in [1.29, 1.82) is 0 Å². The Bertz CT molecular complexity index is 626. The van der Waals surface area contributed by atoms with E-state index in [0.29, 0.717) is 12.5 Å². The minimum atomic E-state index is 0.479. The monoisotopic (exact) mass is 313 g/mol. The number of hydrogen-bond acceptors (Lipinski definition) is 6. The van der Waals surface area contributed by atoms with Crippen molar-refractivity contribution in [2.45, 2.75) is 19.4 Å². The van der Waals surface area contributed by atoms with Gasteiger partial charge in [-0.25, -0.2) is 9.97 Å². The zero-order chi connectivity index (χ0) is 16.1. The van der Waals surface area contributed by atoms with Crippen LogP contribution in [-0.2, 0) is 11.3 Å². The number of rotatable bonds is 5. The van der Waals surface area contributed by atoms with E-state index in [1.54, 1.807) is 19.5 Å². The Kier molecular flexibility index (Phi) is 5.15. The Labute approximate surface area is 136 Å². The van der Waals surface area contributed by atoms with Crippen LogP contribution in [0.1, 0.15) is 18.5 Å². The van der Waals surface area contributed by atoms with E-state index in [2.05, 4.69) is 14.9 Å². The highest BCUT2D eigenvalue weighted by atomic mass is 16.5. The summed E-state index contributed by atoms with van der Waals surface area (Å²) in [4.78, 5) is 15.7. The molecule has 1 fully saturated rings. The molecule has 122 valence electrons. The predicted molar refractivity (Wildman–Crippen MR) is 90.0 cm³/mol. The molecule has 0 radical (unpaired) electrons. The lowest BCUT2D eigenvalue weighted by Crippen LogP contribution is -2.36. The summed E-state index contributed by atoms with van der Waals surface area (Å²) in [6.07, 6.45) is 5.75. The standard InChI is InChI=1S/C17H23N5O/c1-23-12-15-10-16(22-8-4-13(11-18)5-9-22)21-17(20-15)14-2-6-19-7-3-14/h2-3,6-7,10,13H,4-5,8-9,11-12,18H2,1H3. The van der Waals surface area contributed by atoms with Crippen LogP contribution < -0.4 is 10.6 Å². The molecule has 2 aromatic rings. The zero-order valence-electron chi connectivity index (χ0n) is 13.5. The van der Waals surface area contributed by atoms with Crippen LogP contribution in [-0.4, -0.2) is 41.7 Å². The van der Waals surface area contributed by atoms with Gasteiger partial charge in [0.1, 0.15) is 5.82 Å². The van der Waals surface area contributed by atoms with Crippen molar-refractivity contribution in [2.75, 3.05) is 31.6 Å². The summed E-state index contributed by atoms with van der Waals surface area (Å²) in [5.74, 6) is 2.32. The van der Waals surface area contributed by atoms with E-state index in [9.17, 15) is 0 Å². The lowest BCUT2D eigenvalue weighted by Gasteiger charge is -2.32. The van der Waals surface area contributed by atoms with Crippen LogP contribution >= 0.6 is 0 Å². The highest BCUT2D eigenvalue weighted by Gasteiger charge is 2.20. The van der Waals surface area contributed by atoms with Crippen molar-refractivity contribution in [3.63, 3.8) is 0 Å². The van der Waals surface area contributed by atoms with Gasteiger partial charge in [0.2, 0.25) is 0 Å². The molecule has 2 aromatic heterocycles. The molecule has 6 nitrogen and oxygen atoms in total. The minimum Gasteiger partial charge on any atom is -0.378 e. The number of piperidine rings is 1. The second kappa shape index (κ2) is 7.48. The fourth-order valence-corrected chi connectivity index (χ4v) is 2.89. The maximum atomic E-state index is 5.78. The number of aromatic nitrogens is 3. The van der Waals surface area contributed by atoms with Gasteiger partial charge in [0.25, 0.3) is 0 Å². The van der Waals surface area contributed by atoms with Crippen molar-refractivity contribution >= 4 is 5.82 Å². The molecule has 1 saturated heterocycles. The Morgan fingerprint density at radius 1 is 1.22 bits per heavy atom. The van der Waals surface area contributed by atoms with Crippen LogP contribution in [0.3, 0.4) is 0 Å². The molecule has 23 heavy (non-hydrogen) atoms. The van der Waals surface area contributed by atoms with E-state index in [1.807, 2.05) is 18.2 Å². The lowest BCUT2D eigenvalue weighted by molar-refractivity contribution is 0.181. The molecule has 0 aromatic carbocycles. The lowest BCUT2D eigenvalue weighted by atomic mass is 9.97. The highest BCUT2D eigenvalue weighted by Crippen LogP contribution is 2.24. The number of pyridine rings is 1. The number of methoxy groups -OCH3 is 1. The van der Waals surface area contributed by atoms with E-state index in [0.717, 1.165) is 55.4 Å². The molecular weight excluding hydrogens is 290 g/mol. The first-order chi connectivity index (χ1) is 11.3. The first kappa shape index (κ1) is 15.8. The SMILES string of the molecule is COCc1cc(N2CCC(CN)CC2)nc(-c2ccncc2)n1. The number of anilines is 1. The molecule has 2 N–H and O–H groups in total. The van der Waals surface area contributed by atoms with Crippen LogP contribution in [0.2, 0.25) is 0 Å². The van der Waals surface area contributed by atoms with Crippen LogP contribution in [0, 0.1) is 5.92 Å². The zero-order valence-corrected chi connectivity index (χ0v) is 13.5. The Hall–Kier alpha value is -2.05. The van der Waals surface area contributed by atoms with Crippen LogP contribution in [0.15, 0.2) is 30.6 Å². The van der Waals surface area contributed by atoms with E-state index in [-0.39, 0.29) is 0 Å². The van der Waals surface area contributed by atoms with Crippen LogP contribution in [0.5, 0.6) is 0 Å². The topological polar surface area (TPSA) is 77.2 Å². The molecule has 6 heteroatoms. The van der Waals surface area contributed by atoms with Gasteiger partial charge in [-0.3, -0.25) is 4.98 Å². The molecule has 1 aliphatic heterocycles. The molecule has 3 rings (SSSR count). The molecule has 0 bridgehead atoms. The van der Waals surface area contributed by atoms with Crippen LogP contribution in [0.25, 0.3) is 11.4 Å². The van der Waals surface area contributed by atoms with Crippen molar-refractivity contribution < 1.29 is 4.74 Å². The van der Waals surface area contributed by atoms with Gasteiger partial charge in [0.05, 0.1) is 12.3 Å². The second-order valence-electron chi connectivity index (χ2n) is 5.88. The Morgan fingerprint density at radius 2 is 1.96 bits per heavy atom. The van der Waals surface area contributed by atoms with Gasteiger partial charge in [-0.15, -0.1) is 0 Å². The van der Waals surface area contributed by atoms with Crippen molar-refractivity contribution in [1.82, 2.24) is 15.0 Å². The molecule has 0 saturated carbocycles. The molecule has 1 aliphatic rings. The third-order valence-electron chi connectivity index (χ3n) is 4.27. The minimum absolute atomic E-state index is 0.479. The van der Waals surface area contributed by atoms with Crippen molar-refractivity contribution in [3.05, 3.63) is 36.3 Å². The molecular formula is C17H23N5O. The summed E-state index contributed by atoms with van der Waals surface area (Å²) in [5.41, 5.74) is 7.65. The average molecular weight is 313 g/mol. The molecule has 3 heterocycles. The Morgan fingerprint density at radius 3 is 2.61 bits per heavy atom. The number of nitrogens with zero attached hydrogens (tertiary/aromatic N) is 4. The second-order valence-corrected chi connectivity index (χ2v) is 5.88. The fraction of sp³-hybridized carbons (Fsp3) is 0.471. The van der Waals surface area contributed by atoms with Crippen LogP contribution in [0.4, 0.5) is 5.82 Å². The predicted octanol–water partition coefficient (Wildman–Crippen LogP) is 1.86. The van der Waals surface area contributed by atoms with Gasteiger partial charge in [-0.05, 0) is 37.4 Å². The largest absolute Gasteiger partial charge is 0.378 e. The van der Waals surface area contributed by atoms with E-state index in [1.165, 1.54) is 0 Å². The summed E-state index contributed by atoms with van der Waals surface area (Å²) in [6.45, 7) is 3.23. The van der Waals surface area contributed by atoms with Gasteiger partial charge in [0.15, 0.2) is 5.82 Å². The van der Waals surface area contributed by atoms with Gasteiger partial charge >= 0.3 is 0 Å². The van der Waals surface area contributed by atoms with Gasteiger partial charge in [-0.2, -0.15) is 0 Å². The fourth-order valence-electron chi connectivity index (χ4n) is 2.89. The first-order valence-corrected chi connectivity index (χ1v) is 8.02. The highest BCUT2D eigenvalue weighted by molar-refractivity contribution is 5.57. The molecule has 0 amide bonds. The number of nitrogens with two attached hydrogens (primary N) is 1. The average Bonchev–Trinajstić information content (AvgIpc) is 2.62. The molecule has 0 spiro atoms. The summed E-state index contributed by atoms with van der Waals surface area (Å²) < 4.78 is 5.26. The summed E-state index contributed by atoms with van der Waals surface area (Å²) in [7, 11) is 1.68. The third-order valence-corrected chi connectivity index (χ3v) is 4.27. The number of hydrogen-bond donors (Lipinski definition) is 1. The smallest absolute Gasteiger partial charge is 0.161 e. The molecule has 0 unspecified atom stereocenters. The van der Waals surface area contributed by atoms with Gasteiger partial charge < -0.3 is 15.4 Å². The first-order valence-electron chi connectivity index (χ1n) is 8.02. The Balaban J connectivity index is 1.89. The van der Waals surface area contributed by atoms with Gasteiger partial charge in [0, 0.05) is 44.2 Å². The normalized spacial score (nSPS) is 15.8. The number of ether oxygens (including phenoxy) is 1. The van der Waals surface area contributed by atoms with E-state index >= 15 is 0 Å². The molecule has 0 aliphatic carbocycles.